The number of aryl methyl sites for hydroxylation is 1. The smallest absolute Gasteiger partial charge is 0.244 e. The summed E-state index contributed by atoms with van der Waals surface area (Å²) in [4.78, 5) is 43.4. The number of nitrogens with zero attached hydrogens (tertiary/aromatic N) is 2. The van der Waals surface area contributed by atoms with Crippen molar-refractivity contribution in [3.8, 4) is 5.75 Å². The lowest BCUT2D eigenvalue weighted by atomic mass is 10.0. The molecule has 7 heteroatoms. The number of ketones is 1. The normalized spacial score (nSPS) is 10.7. The van der Waals surface area contributed by atoms with Crippen LogP contribution in [0, 0.1) is 6.92 Å². The number of rotatable bonds is 6. The highest BCUT2D eigenvalue weighted by atomic mass is 16.5. The van der Waals surface area contributed by atoms with Gasteiger partial charge in [-0.15, -0.1) is 0 Å². The van der Waals surface area contributed by atoms with E-state index >= 15 is 0 Å². The van der Waals surface area contributed by atoms with Gasteiger partial charge in [-0.1, -0.05) is 42.5 Å². The number of anilines is 1. The van der Waals surface area contributed by atoms with E-state index in [0.29, 0.717) is 28.3 Å². The predicted octanol–water partition coefficient (Wildman–Crippen LogP) is 3.58. The first-order valence-corrected chi connectivity index (χ1v) is 10.0. The Balaban J connectivity index is 1.77. The van der Waals surface area contributed by atoms with E-state index in [2.05, 4.69) is 10.3 Å². The van der Waals surface area contributed by atoms with Gasteiger partial charge in [0.1, 0.15) is 17.9 Å². The molecule has 0 bridgehead atoms. The van der Waals surface area contributed by atoms with Crippen LogP contribution in [0.3, 0.4) is 0 Å². The third-order valence-electron chi connectivity index (χ3n) is 5.04. The third kappa shape index (κ3) is 4.13. The molecule has 2 aromatic heterocycles. The molecule has 160 valence electrons. The van der Waals surface area contributed by atoms with Gasteiger partial charge >= 0.3 is 0 Å². The van der Waals surface area contributed by atoms with Gasteiger partial charge in [0.25, 0.3) is 0 Å². The highest BCUT2D eigenvalue weighted by Gasteiger charge is 2.19. The zero-order valence-corrected chi connectivity index (χ0v) is 17.7. The zero-order chi connectivity index (χ0) is 22.7. The number of pyridine rings is 2. The second-order valence-corrected chi connectivity index (χ2v) is 7.27. The van der Waals surface area contributed by atoms with Gasteiger partial charge in [-0.2, -0.15) is 0 Å². The average Bonchev–Trinajstić information content (AvgIpc) is 2.81. The average molecular weight is 427 g/mol. The van der Waals surface area contributed by atoms with Crippen LogP contribution in [0.2, 0.25) is 0 Å². The number of fused-ring (bicyclic) bond motifs is 1. The molecule has 0 radical (unpaired) electrons. The predicted molar refractivity (Wildman–Crippen MR) is 122 cm³/mol. The van der Waals surface area contributed by atoms with Crippen molar-refractivity contribution in [2.75, 3.05) is 12.4 Å². The largest absolute Gasteiger partial charge is 0.495 e. The van der Waals surface area contributed by atoms with Crippen LogP contribution in [0.1, 0.15) is 21.6 Å². The fourth-order valence-corrected chi connectivity index (χ4v) is 3.48. The minimum Gasteiger partial charge on any atom is -0.495 e. The Kier molecular flexibility index (Phi) is 5.81. The lowest BCUT2D eigenvalue weighted by molar-refractivity contribution is -0.116. The molecule has 0 spiro atoms. The molecule has 0 aliphatic heterocycles. The molecule has 0 saturated heterocycles. The first kappa shape index (κ1) is 21.0. The van der Waals surface area contributed by atoms with Crippen molar-refractivity contribution in [3.05, 3.63) is 100.0 Å². The summed E-state index contributed by atoms with van der Waals surface area (Å²) in [6, 6.07) is 19.0. The number of nitrogens with one attached hydrogen (secondary N) is 1. The minimum absolute atomic E-state index is 0.0144. The summed E-state index contributed by atoms with van der Waals surface area (Å²) in [5, 5.41) is 3.09. The fourth-order valence-electron chi connectivity index (χ4n) is 3.48. The molecule has 7 nitrogen and oxygen atoms in total. The van der Waals surface area contributed by atoms with Crippen LogP contribution in [0.15, 0.2) is 77.7 Å². The minimum atomic E-state index is -0.414. The van der Waals surface area contributed by atoms with Crippen LogP contribution in [-0.4, -0.2) is 28.4 Å². The van der Waals surface area contributed by atoms with Gasteiger partial charge in [0.15, 0.2) is 5.78 Å². The fraction of sp³-hybridized carbons (Fsp3) is 0.120. The van der Waals surface area contributed by atoms with E-state index in [1.165, 1.54) is 17.9 Å². The van der Waals surface area contributed by atoms with Crippen molar-refractivity contribution >= 4 is 28.4 Å². The topological polar surface area (TPSA) is 90.3 Å². The van der Waals surface area contributed by atoms with Gasteiger partial charge < -0.3 is 14.6 Å². The summed E-state index contributed by atoms with van der Waals surface area (Å²) in [5.74, 6) is -0.225. The molecule has 0 fully saturated rings. The second kappa shape index (κ2) is 8.85. The molecule has 1 N–H and O–H groups in total. The number of ether oxygens (including phenoxy) is 1. The number of hydrogen-bond donors (Lipinski definition) is 1. The number of amides is 1. The van der Waals surface area contributed by atoms with E-state index in [1.807, 2.05) is 0 Å². The van der Waals surface area contributed by atoms with Crippen LogP contribution in [-0.2, 0) is 11.3 Å². The quantitative estimate of drug-likeness (QED) is 0.475. The third-order valence-corrected chi connectivity index (χ3v) is 5.04. The second-order valence-electron chi connectivity index (χ2n) is 7.27. The lowest BCUT2D eigenvalue weighted by Crippen LogP contribution is -2.25. The molecule has 2 heterocycles. The molecule has 0 saturated carbocycles. The van der Waals surface area contributed by atoms with Crippen LogP contribution in [0.25, 0.3) is 11.0 Å². The molecule has 4 rings (SSSR count). The molecule has 4 aromatic rings. The number of methoxy groups -OCH3 is 1. The summed E-state index contributed by atoms with van der Waals surface area (Å²) < 4.78 is 6.81. The Hall–Kier alpha value is -4.26. The Morgan fingerprint density at radius 1 is 1.00 bits per heavy atom. The van der Waals surface area contributed by atoms with Gasteiger partial charge in [-0.25, -0.2) is 4.98 Å². The molecular formula is C25H21N3O4. The highest BCUT2D eigenvalue weighted by Crippen LogP contribution is 2.23. The molecular weight excluding hydrogens is 406 g/mol. The van der Waals surface area contributed by atoms with E-state index in [-0.39, 0.29) is 23.4 Å². The Morgan fingerprint density at radius 2 is 1.72 bits per heavy atom. The van der Waals surface area contributed by atoms with E-state index in [1.54, 1.807) is 73.7 Å². The number of hydrogen-bond acceptors (Lipinski definition) is 5. The highest BCUT2D eigenvalue weighted by molar-refractivity contribution is 6.10. The number of para-hydroxylation sites is 2. The van der Waals surface area contributed by atoms with Crippen LogP contribution in [0.5, 0.6) is 5.75 Å². The maximum atomic E-state index is 13.1. The Bertz CT molecular complexity index is 1380. The van der Waals surface area contributed by atoms with E-state index in [9.17, 15) is 14.4 Å². The molecule has 2 aromatic carbocycles. The van der Waals surface area contributed by atoms with Crippen molar-refractivity contribution in [2.45, 2.75) is 13.5 Å². The Morgan fingerprint density at radius 3 is 2.47 bits per heavy atom. The van der Waals surface area contributed by atoms with Crippen molar-refractivity contribution in [3.63, 3.8) is 0 Å². The van der Waals surface area contributed by atoms with Gasteiger partial charge in [0.2, 0.25) is 11.3 Å². The molecule has 0 unspecified atom stereocenters. The first-order valence-electron chi connectivity index (χ1n) is 10.0. The maximum absolute atomic E-state index is 13.1. The number of benzene rings is 2. The summed E-state index contributed by atoms with van der Waals surface area (Å²) in [6.45, 7) is 1.66. The summed E-state index contributed by atoms with van der Waals surface area (Å²) >= 11 is 0. The van der Waals surface area contributed by atoms with Crippen molar-refractivity contribution in [1.82, 2.24) is 9.55 Å². The number of aromatic nitrogens is 2. The van der Waals surface area contributed by atoms with Crippen molar-refractivity contribution in [2.24, 2.45) is 0 Å². The van der Waals surface area contributed by atoms with Crippen LogP contribution >= 0.6 is 0 Å². The molecule has 1 amide bonds. The summed E-state index contributed by atoms with van der Waals surface area (Å²) in [6.07, 6.45) is 1.41. The van der Waals surface area contributed by atoms with E-state index in [0.717, 1.165) is 0 Å². The standard InChI is InChI=1S/C25H21N3O4/c1-16-12-13-18-24(31)19(23(30)17-8-4-3-5-9-17)14-28(25(18)26-16)15-22(29)27-20-10-6-7-11-21(20)32-2/h3-14H,15H2,1-2H3,(H,27,29). The lowest BCUT2D eigenvalue weighted by Gasteiger charge is -2.14. The first-order chi connectivity index (χ1) is 15.5. The van der Waals surface area contributed by atoms with Crippen LogP contribution < -0.4 is 15.5 Å². The monoisotopic (exact) mass is 427 g/mol. The number of carbonyl (C=O) groups excluding carboxylic acids is 2. The van der Waals surface area contributed by atoms with Crippen molar-refractivity contribution < 1.29 is 14.3 Å². The zero-order valence-electron chi connectivity index (χ0n) is 17.7. The van der Waals surface area contributed by atoms with Gasteiger partial charge in [-0.3, -0.25) is 14.4 Å². The molecule has 32 heavy (non-hydrogen) atoms. The summed E-state index contributed by atoms with van der Waals surface area (Å²) in [7, 11) is 1.52. The van der Waals surface area contributed by atoms with Gasteiger partial charge in [0.05, 0.1) is 23.7 Å². The van der Waals surface area contributed by atoms with Crippen molar-refractivity contribution in [1.29, 1.82) is 0 Å². The molecule has 0 atom stereocenters. The molecule has 0 aliphatic carbocycles. The van der Waals surface area contributed by atoms with Gasteiger partial charge in [-0.05, 0) is 31.2 Å². The SMILES string of the molecule is COc1ccccc1NC(=O)Cn1cc(C(=O)c2ccccc2)c(=O)c2ccc(C)nc21. The Labute approximate surface area is 184 Å². The maximum Gasteiger partial charge on any atom is 0.244 e. The van der Waals surface area contributed by atoms with E-state index < -0.39 is 11.2 Å². The van der Waals surface area contributed by atoms with Crippen LogP contribution in [0.4, 0.5) is 5.69 Å². The molecule has 0 aliphatic rings. The van der Waals surface area contributed by atoms with E-state index in [4.69, 9.17) is 4.74 Å². The number of carbonyl (C=O) groups is 2. The van der Waals surface area contributed by atoms with Gasteiger partial charge in [0, 0.05) is 17.5 Å². The summed E-state index contributed by atoms with van der Waals surface area (Å²) in [5.41, 5.74) is 1.53.